The molecule has 0 saturated carbocycles. The topological polar surface area (TPSA) is 41.3 Å². The van der Waals surface area contributed by atoms with Gasteiger partial charge >= 0.3 is 0 Å². The van der Waals surface area contributed by atoms with Crippen LogP contribution in [0.2, 0.25) is 0 Å². The molecule has 20 heavy (non-hydrogen) atoms. The van der Waals surface area contributed by atoms with Gasteiger partial charge in [0.2, 0.25) is 0 Å². The predicted octanol–water partition coefficient (Wildman–Crippen LogP) is 2.95. The molecule has 3 fully saturated rings. The van der Waals surface area contributed by atoms with Crippen molar-refractivity contribution in [1.29, 1.82) is 0 Å². The molecule has 106 valence electrons. The van der Waals surface area contributed by atoms with E-state index in [4.69, 9.17) is 4.52 Å². The number of piperidine rings is 3. The average molecular weight is 271 g/mol. The summed E-state index contributed by atoms with van der Waals surface area (Å²) in [7, 11) is 0. The smallest absolute Gasteiger partial charge is 0.177 e. The number of nitrogens with zero attached hydrogens (tertiary/aromatic N) is 2. The fourth-order valence-corrected chi connectivity index (χ4v) is 3.64. The molecule has 1 aromatic heterocycles. The summed E-state index contributed by atoms with van der Waals surface area (Å²) in [5, 5.41) is 9.02. The van der Waals surface area contributed by atoms with Gasteiger partial charge in [0.15, 0.2) is 11.4 Å². The molecule has 0 aliphatic carbocycles. The predicted molar refractivity (Wildman–Crippen MR) is 80.1 cm³/mol. The Kier molecular flexibility index (Phi) is 2.74. The van der Waals surface area contributed by atoms with Crippen LogP contribution in [0.15, 0.2) is 16.7 Å². The lowest BCUT2D eigenvalue weighted by Gasteiger charge is -2.44. The molecule has 3 aliphatic rings. The maximum absolute atomic E-state index is 5.56. The van der Waals surface area contributed by atoms with Crippen LogP contribution in [0.5, 0.6) is 0 Å². The molecular formula is C16H21N3O. The summed E-state index contributed by atoms with van der Waals surface area (Å²) >= 11 is 0. The van der Waals surface area contributed by atoms with Crippen molar-refractivity contribution >= 4 is 16.8 Å². The Morgan fingerprint density at radius 3 is 2.75 bits per heavy atom. The molecule has 3 aliphatic heterocycles. The standard InChI is InChI=1S/C16H21N3O/c1-10-3-4-13-15(11(10)2)20-18-16(13)17-14-9-19-7-5-12(14)6-8-19/h3-4,12,14H,5-9H2,1-2H3,(H,17,18)/t14-/m0/s1. The second-order valence-corrected chi connectivity index (χ2v) is 6.30. The van der Waals surface area contributed by atoms with Crippen molar-refractivity contribution in [2.24, 2.45) is 5.92 Å². The highest BCUT2D eigenvalue weighted by molar-refractivity contribution is 5.90. The van der Waals surface area contributed by atoms with Crippen LogP contribution in [0.1, 0.15) is 24.0 Å². The summed E-state index contributed by atoms with van der Waals surface area (Å²) in [6, 6.07) is 4.79. The van der Waals surface area contributed by atoms with Crippen LogP contribution in [0, 0.1) is 19.8 Å². The van der Waals surface area contributed by atoms with Gasteiger partial charge in [0.25, 0.3) is 0 Å². The van der Waals surface area contributed by atoms with Crippen LogP contribution in [-0.4, -0.2) is 35.7 Å². The van der Waals surface area contributed by atoms with Gasteiger partial charge in [-0.3, -0.25) is 0 Å². The number of aromatic nitrogens is 1. The summed E-state index contributed by atoms with van der Waals surface area (Å²) < 4.78 is 5.56. The highest BCUT2D eigenvalue weighted by atomic mass is 16.5. The van der Waals surface area contributed by atoms with Gasteiger partial charge in [-0.25, -0.2) is 0 Å². The molecule has 1 aromatic carbocycles. The van der Waals surface area contributed by atoms with E-state index in [-0.39, 0.29) is 0 Å². The quantitative estimate of drug-likeness (QED) is 0.911. The molecule has 0 spiro atoms. The lowest BCUT2D eigenvalue weighted by atomic mass is 9.84. The molecule has 0 amide bonds. The van der Waals surface area contributed by atoms with Crippen LogP contribution >= 0.6 is 0 Å². The van der Waals surface area contributed by atoms with Crippen LogP contribution < -0.4 is 5.32 Å². The van der Waals surface area contributed by atoms with Crippen molar-refractivity contribution in [2.45, 2.75) is 32.7 Å². The molecular weight excluding hydrogens is 250 g/mol. The average Bonchev–Trinajstić information content (AvgIpc) is 2.88. The third-order valence-corrected chi connectivity index (χ3v) is 5.14. The number of fused-ring (bicyclic) bond motifs is 4. The van der Waals surface area contributed by atoms with Gasteiger partial charge in [-0.2, -0.15) is 0 Å². The Balaban J connectivity index is 1.65. The Hall–Kier alpha value is -1.55. The van der Waals surface area contributed by atoms with E-state index < -0.39 is 0 Å². The second-order valence-electron chi connectivity index (χ2n) is 6.30. The van der Waals surface area contributed by atoms with E-state index in [0.29, 0.717) is 6.04 Å². The van der Waals surface area contributed by atoms with E-state index in [0.717, 1.165) is 29.2 Å². The van der Waals surface area contributed by atoms with Crippen LogP contribution in [0.3, 0.4) is 0 Å². The molecule has 4 heteroatoms. The number of aryl methyl sites for hydroxylation is 2. The third kappa shape index (κ3) is 1.82. The summed E-state index contributed by atoms with van der Waals surface area (Å²) in [6.45, 7) is 7.88. The molecule has 0 radical (unpaired) electrons. The molecule has 5 rings (SSSR count). The Morgan fingerprint density at radius 1 is 1.25 bits per heavy atom. The van der Waals surface area contributed by atoms with E-state index in [1.165, 1.54) is 37.1 Å². The van der Waals surface area contributed by atoms with Crippen molar-refractivity contribution in [3.05, 3.63) is 23.3 Å². The van der Waals surface area contributed by atoms with Crippen LogP contribution in [0.25, 0.3) is 11.0 Å². The summed E-state index contributed by atoms with van der Waals surface area (Å²) in [5.41, 5.74) is 3.37. The Morgan fingerprint density at radius 2 is 2.05 bits per heavy atom. The van der Waals surface area contributed by atoms with E-state index in [2.05, 4.69) is 41.4 Å². The van der Waals surface area contributed by atoms with Gasteiger partial charge in [0, 0.05) is 12.6 Å². The number of hydrogen-bond acceptors (Lipinski definition) is 4. The van der Waals surface area contributed by atoms with Crippen LogP contribution in [0.4, 0.5) is 5.82 Å². The second kappa shape index (κ2) is 4.48. The highest BCUT2D eigenvalue weighted by Gasteiger charge is 2.34. The van der Waals surface area contributed by atoms with Gasteiger partial charge in [-0.1, -0.05) is 11.2 Å². The Bertz CT molecular complexity index is 640. The van der Waals surface area contributed by atoms with Gasteiger partial charge in [-0.15, -0.1) is 0 Å². The normalized spacial score (nSPS) is 29.0. The van der Waals surface area contributed by atoms with Crippen LogP contribution in [-0.2, 0) is 0 Å². The molecule has 2 aromatic rings. The van der Waals surface area contributed by atoms with Crippen molar-refractivity contribution in [3.63, 3.8) is 0 Å². The lowest BCUT2D eigenvalue weighted by Crippen LogP contribution is -2.53. The summed E-state index contributed by atoms with van der Waals surface area (Å²) in [5.74, 6) is 1.71. The number of anilines is 1. The summed E-state index contributed by atoms with van der Waals surface area (Å²) in [4.78, 5) is 2.55. The molecule has 1 N–H and O–H groups in total. The van der Waals surface area contributed by atoms with Crippen molar-refractivity contribution < 1.29 is 4.52 Å². The van der Waals surface area contributed by atoms with E-state index >= 15 is 0 Å². The first-order valence-corrected chi connectivity index (χ1v) is 7.57. The monoisotopic (exact) mass is 271 g/mol. The van der Waals surface area contributed by atoms with Crippen molar-refractivity contribution in [2.75, 3.05) is 25.0 Å². The first-order valence-electron chi connectivity index (χ1n) is 7.57. The van der Waals surface area contributed by atoms with E-state index in [9.17, 15) is 0 Å². The SMILES string of the molecule is Cc1ccc2c(N[C@H]3CN4CCC3CC4)noc2c1C. The fourth-order valence-electron chi connectivity index (χ4n) is 3.64. The number of nitrogens with one attached hydrogen (secondary N) is 1. The number of hydrogen-bond donors (Lipinski definition) is 1. The number of benzene rings is 1. The minimum absolute atomic E-state index is 0.521. The Labute approximate surface area is 119 Å². The highest BCUT2D eigenvalue weighted by Crippen LogP contribution is 2.32. The maximum Gasteiger partial charge on any atom is 0.177 e. The molecule has 4 heterocycles. The molecule has 3 saturated heterocycles. The van der Waals surface area contributed by atoms with Gasteiger partial charge in [-0.05, 0) is 62.9 Å². The van der Waals surface area contributed by atoms with Gasteiger partial charge in [0.1, 0.15) is 0 Å². The fraction of sp³-hybridized carbons (Fsp3) is 0.562. The maximum atomic E-state index is 5.56. The minimum Gasteiger partial charge on any atom is -0.362 e. The largest absolute Gasteiger partial charge is 0.362 e. The zero-order valence-corrected chi connectivity index (χ0v) is 12.1. The van der Waals surface area contributed by atoms with Gasteiger partial charge in [0.05, 0.1) is 5.39 Å². The first-order chi connectivity index (χ1) is 9.72. The van der Waals surface area contributed by atoms with Gasteiger partial charge < -0.3 is 14.7 Å². The molecule has 4 nitrogen and oxygen atoms in total. The zero-order chi connectivity index (χ0) is 13.7. The molecule has 2 bridgehead atoms. The van der Waals surface area contributed by atoms with E-state index in [1.807, 2.05) is 0 Å². The lowest BCUT2D eigenvalue weighted by molar-refractivity contribution is 0.0973. The van der Waals surface area contributed by atoms with Crippen molar-refractivity contribution in [3.8, 4) is 0 Å². The first kappa shape index (κ1) is 12.2. The van der Waals surface area contributed by atoms with E-state index in [1.54, 1.807) is 0 Å². The zero-order valence-electron chi connectivity index (χ0n) is 12.1. The number of rotatable bonds is 2. The van der Waals surface area contributed by atoms with Crippen molar-refractivity contribution in [1.82, 2.24) is 10.1 Å². The minimum atomic E-state index is 0.521. The molecule has 1 atom stereocenters. The summed E-state index contributed by atoms with van der Waals surface area (Å²) in [6.07, 6.45) is 2.62. The third-order valence-electron chi connectivity index (χ3n) is 5.14. The molecule has 0 unspecified atom stereocenters.